The summed E-state index contributed by atoms with van der Waals surface area (Å²) in [5, 5.41) is -1.32. The molecule has 0 fully saturated rings. The van der Waals surface area contributed by atoms with Crippen molar-refractivity contribution in [3.63, 3.8) is 0 Å². The van der Waals surface area contributed by atoms with E-state index < -0.39 is 247 Å². The quantitative estimate of drug-likeness (QED) is 0.0295. The maximum Gasteiger partial charge on any atom is 0.416 e. The second-order valence-electron chi connectivity index (χ2n) is 20.9. The van der Waals surface area contributed by atoms with E-state index in [4.69, 9.17) is 34.3 Å². The summed E-state index contributed by atoms with van der Waals surface area (Å²) < 4.78 is 371. The molecular formula is C74H80F8N8O4S2. The lowest BCUT2D eigenvalue weighted by atomic mass is 9.98. The highest BCUT2D eigenvalue weighted by Gasteiger charge is 2.34. The Balaban J connectivity index is 0.000000314. The normalized spacial score (nSPS) is 20.5. The highest BCUT2D eigenvalue weighted by atomic mass is 32.2. The number of fused-ring (bicyclic) bond motifs is 2. The molecule has 508 valence electrons. The number of amides is 2. The second-order valence-corrected chi connectivity index (χ2v) is 22.6. The molecule has 0 saturated heterocycles. The molecule has 0 N–H and O–H groups in total. The molecule has 12 nitrogen and oxygen atoms in total. The molecule has 2 heterocycles. The van der Waals surface area contributed by atoms with Crippen molar-refractivity contribution in [3.8, 4) is 22.3 Å². The fraction of sp³-hybridized carbons (Fsp3) is 0.378. The predicted octanol–water partition coefficient (Wildman–Crippen LogP) is 15.3. The van der Waals surface area contributed by atoms with Crippen LogP contribution in [0.2, 0.25) is 0 Å². The van der Waals surface area contributed by atoms with E-state index in [1.54, 1.807) is 48.2 Å². The average Bonchev–Trinajstić information content (AvgIpc) is 1.51. The van der Waals surface area contributed by atoms with Crippen molar-refractivity contribution in [2.45, 2.75) is 140 Å². The van der Waals surface area contributed by atoms with Crippen LogP contribution in [-0.4, -0.2) is 103 Å². The fourth-order valence-corrected chi connectivity index (χ4v) is 11.4. The summed E-state index contributed by atoms with van der Waals surface area (Å²) in [5.41, 5.74) is -14.1. The summed E-state index contributed by atoms with van der Waals surface area (Å²) in [6.45, 7) is -12.8. The molecule has 6 aromatic carbocycles. The monoisotopic (exact) mass is 1390 g/mol. The molecule has 0 bridgehead atoms. The molecule has 96 heavy (non-hydrogen) atoms. The van der Waals surface area contributed by atoms with Crippen LogP contribution in [0.25, 0.3) is 22.3 Å². The number of hydrogen-bond donors (Lipinski definition) is 0. The van der Waals surface area contributed by atoms with E-state index in [1.165, 1.54) is 36.0 Å². The zero-order valence-electron chi connectivity index (χ0n) is 82.1. The Bertz CT molecular complexity index is 5600. The number of nitrogens with zero attached hydrogens (tertiary/aromatic N) is 8. The van der Waals surface area contributed by atoms with Gasteiger partial charge in [0.1, 0.15) is 24.7 Å². The van der Waals surface area contributed by atoms with E-state index in [-0.39, 0.29) is 30.4 Å². The van der Waals surface area contributed by atoms with Crippen LogP contribution in [0.15, 0.2) is 159 Å². The maximum absolute atomic E-state index is 15.5. The van der Waals surface area contributed by atoms with Gasteiger partial charge in [-0.1, -0.05) is 148 Å². The Morgan fingerprint density at radius 2 is 1.26 bits per heavy atom. The van der Waals surface area contributed by atoms with Gasteiger partial charge >= 0.3 is 12.4 Å². The number of rotatable bonds is 26. The molecule has 8 aromatic rings. The topological polar surface area (TPSA) is 117 Å². The molecular weight excluding hydrogens is 1280 g/mol. The van der Waals surface area contributed by atoms with E-state index in [0.717, 1.165) is 42.9 Å². The number of likely N-dealkylation sites (N-methyl/N-ethyl adjacent to an activating group) is 2. The van der Waals surface area contributed by atoms with E-state index >= 15 is 4.79 Å². The maximum atomic E-state index is 15.5. The number of carbonyl (C=O) groups excluding carboxylic acids is 2. The van der Waals surface area contributed by atoms with E-state index in [9.17, 15) is 56.4 Å². The van der Waals surface area contributed by atoms with Crippen molar-refractivity contribution < 1.29 is 85.8 Å². The minimum Gasteiger partial charge on any atom is -0.336 e. The van der Waals surface area contributed by atoms with Gasteiger partial charge in [0.15, 0.2) is 10.3 Å². The van der Waals surface area contributed by atoms with Gasteiger partial charge in [-0.2, -0.15) is 36.3 Å². The summed E-state index contributed by atoms with van der Waals surface area (Å²) in [6, 6.07) is 0.459. The molecule has 2 amide bonds. The Kier molecular flexibility index (Phi) is 14.4. The lowest BCUT2D eigenvalue weighted by molar-refractivity contribution is -0.138. The van der Waals surface area contributed by atoms with Crippen LogP contribution < -0.4 is 11.1 Å². The van der Waals surface area contributed by atoms with Crippen LogP contribution in [0.4, 0.5) is 35.1 Å². The van der Waals surface area contributed by atoms with Gasteiger partial charge < -0.3 is 28.7 Å². The first-order valence-electron chi connectivity index (χ1n) is 44.4. The highest BCUT2D eigenvalue weighted by Crippen LogP contribution is 2.36. The lowest BCUT2D eigenvalue weighted by Crippen LogP contribution is -2.42. The SMILES string of the molecule is [2H]C(C)(c1ccc(-c2ccc(C(F)(F)F)cc2)cc1)N(CCN(CC)CC)C(=O)Cn1c(SCc2ccc(F)cc2)nc(=O)c2c1CCC2.[2H]c1c([2H])c(C([2H])([2H])Sc2nc(=O)c3c(n2C([2H])([2H])C(=O)N(Cc2c([2H])c([2H])c(-c4c([2H])c([2H])c(C(F)(F)F)c(C)c4[2H])c([2H])c2[2H])C([2H])([2H])C([2H])([2H])N(C([2H])([2H])C)C([2H])([2H])C)C([2H])([2H])C([2H])([2H])C3([2H])[2H])c([2H])c([2H])c1F. The van der Waals surface area contributed by atoms with Gasteiger partial charge in [0.25, 0.3) is 11.1 Å². The minimum atomic E-state index is -5.34. The van der Waals surface area contributed by atoms with Crippen molar-refractivity contribution in [1.29, 1.82) is 0 Å². The molecule has 0 aliphatic heterocycles. The van der Waals surface area contributed by atoms with Crippen LogP contribution in [0.1, 0.15) is 156 Å². The summed E-state index contributed by atoms with van der Waals surface area (Å²) in [5.74, 6) is -4.77. The fourth-order valence-electron chi connectivity index (χ4n) is 9.74. The van der Waals surface area contributed by atoms with Crippen molar-refractivity contribution in [3.05, 3.63) is 233 Å². The van der Waals surface area contributed by atoms with Crippen LogP contribution in [0.3, 0.4) is 0 Å². The third-order valence-electron chi connectivity index (χ3n) is 14.9. The summed E-state index contributed by atoms with van der Waals surface area (Å²) in [6.07, 6.45) is -19.8. The molecule has 2 aliphatic rings. The van der Waals surface area contributed by atoms with Crippen molar-refractivity contribution in [2.24, 2.45) is 0 Å². The molecule has 0 radical (unpaired) electrons. The third-order valence-corrected chi connectivity index (χ3v) is 16.7. The molecule has 10 rings (SSSR count). The third kappa shape index (κ3) is 18.6. The van der Waals surface area contributed by atoms with Gasteiger partial charge in [0, 0.05) is 85.8 Å². The smallest absolute Gasteiger partial charge is 0.336 e. The second kappa shape index (κ2) is 32.9. The molecule has 1 unspecified atom stereocenters. The standard InChI is InChI=1S/2C37H40F4N4O2S/c1-4-43(5-2)21-22-44(25(3)27-11-13-28(14-12-27)29-15-17-30(18-16-29)37(39,40)41)34(46)23-45-33-8-6-7-32(33)35(47)42-36(45)48-24-26-9-19-31(38)20-10-26;1-4-43(5-2)19-20-44(22-26-9-13-28(14-10-26)29-15-18-32(25(3)21-29)37(39,40)41)34(46)23-45-33-8-6-7-31(33)35(47)42-36(45)48-24-27-11-16-30(38)17-12-27/h9-20,25H,4-8,21-24H2,1-3H3;9-18,21H,4-8,19-20,22-24H2,1-3H3/i25D;4D2,5D2,6D2,7D2,8D2,9D,10D,11D,12D,13D,14D,15D,16D,17D,18D,19D2,20D2,21D,23D2,24D2. The zero-order valence-corrected chi connectivity index (χ0v) is 53.7. The van der Waals surface area contributed by atoms with Gasteiger partial charge in [0.2, 0.25) is 11.8 Å². The number of carbonyl (C=O) groups is 2. The Hall–Kier alpha value is -7.92. The van der Waals surface area contributed by atoms with Crippen LogP contribution in [-0.2, 0) is 78.6 Å². The minimum absolute atomic E-state index is 0.113. The molecule has 0 saturated carbocycles. The average molecular weight is 1390 g/mol. The largest absolute Gasteiger partial charge is 0.416 e. The Morgan fingerprint density at radius 1 is 0.646 bits per heavy atom. The van der Waals surface area contributed by atoms with Crippen molar-refractivity contribution in [2.75, 3.05) is 52.2 Å². The number of aromatic nitrogens is 4. The highest BCUT2D eigenvalue weighted by molar-refractivity contribution is 7.98. The molecule has 22 heteroatoms. The van der Waals surface area contributed by atoms with E-state index in [0.29, 0.717) is 73.3 Å². The molecule has 2 aliphatic carbocycles. The van der Waals surface area contributed by atoms with Gasteiger partial charge in [0.05, 0.1) is 39.1 Å². The van der Waals surface area contributed by atoms with E-state index in [1.807, 2.05) is 18.4 Å². The first-order chi connectivity index (χ1) is 57.5. The van der Waals surface area contributed by atoms with Crippen LogP contribution in [0.5, 0.6) is 0 Å². The molecule has 2 aromatic heterocycles. The van der Waals surface area contributed by atoms with Gasteiger partial charge in [-0.25, -0.2) is 8.78 Å². The van der Waals surface area contributed by atoms with Gasteiger partial charge in [-0.15, -0.1) is 0 Å². The number of benzene rings is 6. The number of thioether (sulfide) groups is 2. The van der Waals surface area contributed by atoms with E-state index in [2.05, 4.69) is 14.9 Å². The number of halogens is 8. The van der Waals surface area contributed by atoms with Crippen LogP contribution >= 0.6 is 23.5 Å². The summed E-state index contributed by atoms with van der Waals surface area (Å²) in [7, 11) is 0. The zero-order chi connectivity index (χ0) is 95.5. The molecule has 0 spiro atoms. The molecule has 1 atom stereocenters. The lowest BCUT2D eigenvalue weighted by Gasteiger charge is -2.33. The number of hydrogen-bond acceptors (Lipinski definition) is 10. The first kappa shape index (κ1) is 42.0. The van der Waals surface area contributed by atoms with Crippen molar-refractivity contribution in [1.82, 2.24) is 38.7 Å². The number of alkyl halides is 6. The van der Waals surface area contributed by atoms with Gasteiger partial charge in [-0.3, -0.25) is 19.2 Å². The van der Waals surface area contributed by atoms with Crippen LogP contribution in [0, 0.1) is 18.6 Å². The van der Waals surface area contributed by atoms with Gasteiger partial charge in [-0.05, 0) is 171 Å². The first-order valence-corrected chi connectivity index (χ1v) is 31.2. The Labute approximate surface area is 605 Å². The van der Waals surface area contributed by atoms with Crippen molar-refractivity contribution >= 4 is 35.3 Å². The summed E-state index contributed by atoms with van der Waals surface area (Å²) >= 11 is 0.612. The Morgan fingerprint density at radius 3 is 1.89 bits per heavy atom. The summed E-state index contributed by atoms with van der Waals surface area (Å²) in [4.78, 5) is 67.0. The predicted molar refractivity (Wildman–Crippen MR) is 363 cm³/mol.